The molecule has 0 aliphatic carbocycles. The number of aliphatic hydroxyl groups is 4. The zero-order valence-corrected chi connectivity index (χ0v) is 17.4. The number of aliphatic hydroxyl groups excluding tert-OH is 4. The minimum atomic E-state index is -1.67. The standard InChI is InChI=1S/C21H40O7/c1-2-3-4-5-7-10-13-17(23)18(24)14-11-8-6-9-12-15-20(26)28-21(27)19(25)16-22/h17-19,22-25H,2-16H2,1H3. The number of unbranched alkanes of at least 4 members (excludes halogenated alkanes) is 9. The number of hydrogen-bond acceptors (Lipinski definition) is 7. The fourth-order valence-electron chi connectivity index (χ4n) is 2.98. The number of carbonyl (C=O) groups excluding carboxylic acids is 2. The van der Waals surface area contributed by atoms with E-state index in [0.29, 0.717) is 19.3 Å². The molecule has 7 nitrogen and oxygen atoms in total. The molecule has 0 aromatic rings. The molecule has 0 fully saturated rings. The van der Waals surface area contributed by atoms with E-state index in [1.807, 2.05) is 0 Å². The highest BCUT2D eigenvalue weighted by Crippen LogP contribution is 2.15. The number of carbonyl (C=O) groups is 2. The smallest absolute Gasteiger partial charge is 0.345 e. The number of ether oxygens (including phenoxy) is 1. The quantitative estimate of drug-likeness (QED) is 0.157. The van der Waals surface area contributed by atoms with Crippen molar-refractivity contribution in [3.63, 3.8) is 0 Å². The van der Waals surface area contributed by atoms with Crippen LogP contribution in [0.2, 0.25) is 0 Å². The molecule has 0 aromatic carbocycles. The molecule has 4 N–H and O–H groups in total. The first-order valence-corrected chi connectivity index (χ1v) is 10.8. The third kappa shape index (κ3) is 15.0. The van der Waals surface area contributed by atoms with Crippen molar-refractivity contribution in [3.8, 4) is 0 Å². The highest BCUT2D eigenvalue weighted by atomic mass is 16.6. The summed E-state index contributed by atoms with van der Waals surface area (Å²) in [7, 11) is 0. The molecule has 0 amide bonds. The molecule has 3 atom stereocenters. The molecule has 0 spiro atoms. The van der Waals surface area contributed by atoms with Crippen molar-refractivity contribution >= 4 is 11.9 Å². The van der Waals surface area contributed by atoms with Crippen LogP contribution < -0.4 is 0 Å². The van der Waals surface area contributed by atoms with Gasteiger partial charge in [0.05, 0.1) is 18.8 Å². The normalized spacial score (nSPS) is 14.5. The number of hydrogen-bond donors (Lipinski definition) is 4. The van der Waals surface area contributed by atoms with Crippen LogP contribution in [0.25, 0.3) is 0 Å². The average Bonchev–Trinajstić information content (AvgIpc) is 2.68. The lowest BCUT2D eigenvalue weighted by Crippen LogP contribution is -2.28. The van der Waals surface area contributed by atoms with Crippen LogP contribution in [0.1, 0.15) is 96.8 Å². The van der Waals surface area contributed by atoms with Crippen LogP contribution in [-0.2, 0) is 14.3 Å². The molecule has 0 radical (unpaired) electrons. The maximum absolute atomic E-state index is 11.4. The topological polar surface area (TPSA) is 124 Å². The first kappa shape index (κ1) is 27.0. The SMILES string of the molecule is CCCCCCCCC(O)C(O)CCCCCCCC(=O)OC(=O)C(O)CO. The first-order valence-electron chi connectivity index (χ1n) is 10.8. The van der Waals surface area contributed by atoms with Crippen molar-refractivity contribution in [2.45, 2.75) is 115 Å². The summed E-state index contributed by atoms with van der Waals surface area (Å²) >= 11 is 0. The van der Waals surface area contributed by atoms with Crippen molar-refractivity contribution in [1.82, 2.24) is 0 Å². The largest absolute Gasteiger partial charge is 0.393 e. The predicted octanol–water partition coefficient (Wildman–Crippen LogP) is 2.61. The van der Waals surface area contributed by atoms with Gasteiger partial charge < -0.3 is 25.2 Å². The molecule has 28 heavy (non-hydrogen) atoms. The van der Waals surface area contributed by atoms with Crippen molar-refractivity contribution in [2.75, 3.05) is 6.61 Å². The highest BCUT2D eigenvalue weighted by Gasteiger charge is 2.19. The third-order valence-electron chi connectivity index (χ3n) is 4.84. The molecule has 3 unspecified atom stereocenters. The Labute approximate surface area is 169 Å². The fourth-order valence-corrected chi connectivity index (χ4v) is 2.98. The minimum absolute atomic E-state index is 0.0868. The fraction of sp³-hybridized carbons (Fsp3) is 0.905. The number of esters is 2. The molecule has 0 saturated heterocycles. The third-order valence-corrected chi connectivity index (χ3v) is 4.84. The van der Waals surface area contributed by atoms with Gasteiger partial charge in [0.2, 0.25) is 0 Å². The van der Waals surface area contributed by atoms with Crippen LogP contribution in [0.15, 0.2) is 0 Å². The lowest BCUT2D eigenvalue weighted by molar-refractivity contribution is -0.167. The Morgan fingerprint density at radius 1 is 0.750 bits per heavy atom. The van der Waals surface area contributed by atoms with Crippen molar-refractivity contribution < 1.29 is 34.8 Å². The second kappa shape index (κ2) is 18.0. The summed E-state index contributed by atoms with van der Waals surface area (Å²) in [4.78, 5) is 22.5. The second-order valence-corrected chi connectivity index (χ2v) is 7.49. The Balaban J connectivity index is 3.56. The Morgan fingerprint density at radius 2 is 1.21 bits per heavy atom. The van der Waals surface area contributed by atoms with E-state index in [2.05, 4.69) is 11.7 Å². The molecule has 0 aliphatic rings. The molecular formula is C21H40O7. The van der Waals surface area contributed by atoms with Gasteiger partial charge in [-0.3, -0.25) is 4.79 Å². The summed E-state index contributed by atoms with van der Waals surface area (Å²) in [6, 6.07) is 0. The second-order valence-electron chi connectivity index (χ2n) is 7.49. The summed E-state index contributed by atoms with van der Waals surface area (Å²) in [5.74, 6) is -1.83. The van der Waals surface area contributed by atoms with E-state index in [1.165, 1.54) is 25.7 Å². The van der Waals surface area contributed by atoms with Crippen LogP contribution in [-0.4, -0.2) is 57.3 Å². The number of rotatable bonds is 18. The van der Waals surface area contributed by atoms with Gasteiger partial charge in [-0.1, -0.05) is 71.1 Å². The molecule has 0 heterocycles. The summed E-state index contributed by atoms with van der Waals surface area (Å²) in [5.41, 5.74) is 0. The monoisotopic (exact) mass is 404 g/mol. The maximum atomic E-state index is 11.4. The summed E-state index contributed by atoms with van der Waals surface area (Å²) in [6.45, 7) is 1.41. The van der Waals surface area contributed by atoms with Crippen molar-refractivity contribution in [3.05, 3.63) is 0 Å². The Bertz CT molecular complexity index is 400. The van der Waals surface area contributed by atoms with Gasteiger partial charge >= 0.3 is 11.9 Å². The van der Waals surface area contributed by atoms with Gasteiger partial charge in [0, 0.05) is 6.42 Å². The van der Waals surface area contributed by atoms with Crippen LogP contribution >= 0.6 is 0 Å². The van der Waals surface area contributed by atoms with E-state index >= 15 is 0 Å². The zero-order valence-electron chi connectivity index (χ0n) is 17.4. The summed E-state index contributed by atoms with van der Waals surface area (Å²) in [6.07, 6.45) is 9.29. The van der Waals surface area contributed by atoms with Crippen LogP contribution in [0.4, 0.5) is 0 Å². The molecular weight excluding hydrogens is 364 g/mol. The van der Waals surface area contributed by atoms with E-state index in [1.54, 1.807) is 0 Å². The molecule has 0 bridgehead atoms. The van der Waals surface area contributed by atoms with Gasteiger partial charge in [0.1, 0.15) is 0 Å². The minimum Gasteiger partial charge on any atom is -0.393 e. The lowest BCUT2D eigenvalue weighted by atomic mass is 9.99. The Hall–Kier alpha value is -1.02. The molecule has 7 heteroatoms. The van der Waals surface area contributed by atoms with E-state index < -0.39 is 36.9 Å². The van der Waals surface area contributed by atoms with Crippen LogP contribution in [0, 0.1) is 0 Å². The van der Waals surface area contributed by atoms with E-state index in [-0.39, 0.29) is 6.42 Å². The van der Waals surface area contributed by atoms with Gasteiger partial charge in [-0.05, 0) is 19.3 Å². The average molecular weight is 405 g/mol. The molecule has 166 valence electrons. The van der Waals surface area contributed by atoms with Gasteiger partial charge in [-0.15, -0.1) is 0 Å². The molecule has 0 aromatic heterocycles. The zero-order chi connectivity index (χ0) is 21.2. The Morgan fingerprint density at radius 3 is 1.71 bits per heavy atom. The maximum Gasteiger partial charge on any atom is 0.345 e. The van der Waals surface area contributed by atoms with E-state index in [9.17, 15) is 19.8 Å². The molecule has 0 saturated carbocycles. The highest BCUT2D eigenvalue weighted by molar-refractivity contribution is 5.87. The van der Waals surface area contributed by atoms with Crippen molar-refractivity contribution in [1.29, 1.82) is 0 Å². The van der Waals surface area contributed by atoms with E-state index in [0.717, 1.165) is 38.5 Å². The van der Waals surface area contributed by atoms with Gasteiger partial charge in [-0.25, -0.2) is 4.79 Å². The first-order chi connectivity index (χ1) is 13.4. The van der Waals surface area contributed by atoms with E-state index in [4.69, 9.17) is 10.2 Å². The molecule has 0 aliphatic heterocycles. The predicted molar refractivity (Wildman–Crippen MR) is 107 cm³/mol. The van der Waals surface area contributed by atoms with Gasteiger partial charge in [-0.2, -0.15) is 0 Å². The summed E-state index contributed by atoms with van der Waals surface area (Å²) < 4.78 is 4.40. The van der Waals surface area contributed by atoms with Crippen LogP contribution in [0.3, 0.4) is 0 Å². The Kier molecular flexibility index (Phi) is 17.4. The lowest BCUT2D eigenvalue weighted by Gasteiger charge is -2.17. The van der Waals surface area contributed by atoms with Gasteiger partial charge in [0.25, 0.3) is 0 Å². The van der Waals surface area contributed by atoms with Gasteiger partial charge in [0.15, 0.2) is 6.10 Å². The van der Waals surface area contributed by atoms with Crippen LogP contribution in [0.5, 0.6) is 0 Å². The molecule has 0 rings (SSSR count). The summed E-state index contributed by atoms with van der Waals surface area (Å²) in [5, 5.41) is 37.6. The van der Waals surface area contributed by atoms with Crippen molar-refractivity contribution in [2.24, 2.45) is 0 Å².